The van der Waals surface area contributed by atoms with Gasteiger partial charge in [0.1, 0.15) is 0 Å². The summed E-state index contributed by atoms with van der Waals surface area (Å²) in [5.74, 6) is 1.19. The van der Waals surface area contributed by atoms with E-state index in [1.807, 2.05) is 18.8 Å². The van der Waals surface area contributed by atoms with Crippen molar-refractivity contribution in [3.63, 3.8) is 0 Å². The zero-order chi connectivity index (χ0) is 11.8. The van der Waals surface area contributed by atoms with Crippen molar-refractivity contribution in [2.24, 2.45) is 0 Å². The Morgan fingerprint density at radius 2 is 2.12 bits per heavy atom. The fourth-order valence-electron chi connectivity index (χ4n) is 1.49. The van der Waals surface area contributed by atoms with Gasteiger partial charge in [-0.25, -0.2) is 0 Å². The molecule has 0 radical (unpaired) electrons. The Morgan fingerprint density at radius 3 is 2.75 bits per heavy atom. The van der Waals surface area contributed by atoms with E-state index in [-0.39, 0.29) is 0 Å². The second-order valence-electron chi connectivity index (χ2n) is 3.84. The predicted octanol–water partition coefficient (Wildman–Crippen LogP) is 4.34. The van der Waals surface area contributed by atoms with Crippen molar-refractivity contribution in [3.05, 3.63) is 28.8 Å². The van der Waals surface area contributed by atoms with Gasteiger partial charge in [-0.15, -0.1) is 11.8 Å². The molecule has 0 aromatic heterocycles. The van der Waals surface area contributed by atoms with Crippen molar-refractivity contribution >= 4 is 23.4 Å². The lowest BCUT2D eigenvalue weighted by Crippen LogP contribution is -2.05. The van der Waals surface area contributed by atoms with Crippen LogP contribution in [0.2, 0.25) is 5.02 Å². The number of rotatable bonds is 7. The first kappa shape index (κ1) is 13.9. The van der Waals surface area contributed by atoms with Crippen LogP contribution in [0.5, 0.6) is 0 Å². The van der Waals surface area contributed by atoms with Crippen LogP contribution in [-0.2, 0) is 6.54 Å². The third kappa shape index (κ3) is 4.77. The summed E-state index contributed by atoms with van der Waals surface area (Å²) in [7, 11) is 1.93. The third-order valence-electron chi connectivity index (χ3n) is 2.41. The molecule has 1 aromatic carbocycles. The maximum absolute atomic E-state index is 6.19. The van der Waals surface area contributed by atoms with Crippen LogP contribution in [0.25, 0.3) is 0 Å². The van der Waals surface area contributed by atoms with Crippen LogP contribution in [0.1, 0.15) is 31.7 Å². The number of unbranched alkanes of at least 4 members (excludes halogenated alkanes) is 2. The summed E-state index contributed by atoms with van der Waals surface area (Å²) >= 11 is 8.09. The molecule has 1 rings (SSSR count). The summed E-state index contributed by atoms with van der Waals surface area (Å²) in [4.78, 5) is 1.28. The van der Waals surface area contributed by atoms with Gasteiger partial charge < -0.3 is 5.32 Å². The average Bonchev–Trinajstić information content (AvgIpc) is 2.28. The molecule has 0 unspecified atom stereocenters. The van der Waals surface area contributed by atoms with Crippen molar-refractivity contribution in [2.45, 2.75) is 37.6 Å². The molecule has 0 atom stereocenters. The van der Waals surface area contributed by atoms with E-state index in [2.05, 4.69) is 30.4 Å². The van der Waals surface area contributed by atoms with Gasteiger partial charge in [-0.05, 0) is 36.9 Å². The quantitative estimate of drug-likeness (QED) is 0.576. The highest BCUT2D eigenvalue weighted by molar-refractivity contribution is 7.99. The second-order valence-corrected chi connectivity index (χ2v) is 5.41. The molecule has 1 N–H and O–H groups in total. The van der Waals surface area contributed by atoms with Gasteiger partial charge in [0.2, 0.25) is 0 Å². The highest BCUT2D eigenvalue weighted by atomic mass is 35.5. The summed E-state index contributed by atoms with van der Waals surface area (Å²) in [6, 6.07) is 6.35. The van der Waals surface area contributed by atoms with Gasteiger partial charge in [-0.3, -0.25) is 0 Å². The largest absolute Gasteiger partial charge is 0.316 e. The molecule has 16 heavy (non-hydrogen) atoms. The summed E-state index contributed by atoms with van der Waals surface area (Å²) < 4.78 is 0. The maximum Gasteiger partial charge on any atom is 0.0462 e. The third-order valence-corrected chi connectivity index (χ3v) is 3.84. The number of benzene rings is 1. The molecule has 3 heteroatoms. The lowest BCUT2D eigenvalue weighted by atomic mass is 10.2. The normalized spacial score (nSPS) is 10.7. The Bertz CT molecular complexity index is 315. The minimum absolute atomic E-state index is 0.833. The van der Waals surface area contributed by atoms with Crippen LogP contribution >= 0.6 is 23.4 Å². The highest BCUT2D eigenvalue weighted by Gasteiger charge is 2.01. The van der Waals surface area contributed by atoms with E-state index in [1.54, 1.807) is 0 Å². The van der Waals surface area contributed by atoms with E-state index >= 15 is 0 Å². The molecule has 0 aliphatic heterocycles. The first-order valence-electron chi connectivity index (χ1n) is 5.83. The molecule has 0 aliphatic carbocycles. The Morgan fingerprint density at radius 1 is 1.31 bits per heavy atom. The summed E-state index contributed by atoms with van der Waals surface area (Å²) in [5.41, 5.74) is 1.17. The predicted molar refractivity (Wildman–Crippen MR) is 74.5 cm³/mol. The van der Waals surface area contributed by atoms with Gasteiger partial charge >= 0.3 is 0 Å². The van der Waals surface area contributed by atoms with Crippen LogP contribution in [0.3, 0.4) is 0 Å². The molecule has 0 bridgehead atoms. The van der Waals surface area contributed by atoms with Crippen molar-refractivity contribution in [1.29, 1.82) is 0 Å². The smallest absolute Gasteiger partial charge is 0.0462 e. The van der Waals surface area contributed by atoms with Gasteiger partial charge in [0.15, 0.2) is 0 Å². The van der Waals surface area contributed by atoms with E-state index in [9.17, 15) is 0 Å². The Kier molecular flexibility index (Phi) is 6.93. The summed E-state index contributed by atoms with van der Waals surface area (Å²) in [6.45, 7) is 3.06. The molecule has 0 heterocycles. The second kappa shape index (κ2) is 7.99. The molecule has 0 spiro atoms. The molecule has 0 aliphatic rings. The van der Waals surface area contributed by atoms with Gasteiger partial charge in [0.05, 0.1) is 0 Å². The number of nitrogens with one attached hydrogen (secondary N) is 1. The van der Waals surface area contributed by atoms with Crippen LogP contribution < -0.4 is 5.32 Å². The van der Waals surface area contributed by atoms with Gasteiger partial charge in [-0.2, -0.15) is 0 Å². The Labute approximate surface area is 108 Å². The number of hydrogen-bond donors (Lipinski definition) is 1. The Hall–Kier alpha value is -0.180. The zero-order valence-electron chi connectivity index (χ0n) is 10.1. The van der Waals surface area contributed by atoms with Gasteiger partial charge in [-0.1, -0.05) is 37.4 Å². The fraction of sp³-hybridized carbons (Fsp3) is 0.538. The zero-order valence-corrected chi connectivity index (χ0v) is 11.6. The van der Waals surface area contributed by atoms with Gasteiger partial charge in [0, 0.05) is 16.5 Å². The van der Waals surface area contributed by atoms with E-state index in [1.165, 1.54) is 35.5 Å². The van der Waals surface area contributed by atoms with Crippen LogP contribution in [-0.4, -0.2) is 12.8 Å². The fourth-order valence-corrected chi connectivity index (χ4v) is 2.76. The van der Waals surface area contributed by atoms with Crippen molar-refractivity contribution in [1.82, 2.24) is 5.32 Å². The summed E-state index contributed by atoms with van der Waals surface area (Å²) in [5, 5.41) is 3.98. The highest BCUT2D eigenvalue weighted by Crippen LogP contribution is 2.25. The van der Waals surface area contributed by atoms with Crippen LogP contribution in [0, 0.1) is 0 Å². The van der Waals surface area contributed by atoms with Gasteiger partial charge in [0.25, 0.3) is 0 Å². The summed E-state index contributed by atoms with van der Waals surface area (Å²) in [6.07, 6.45) is 3.89. The molecule has 1 nitrogen and oxygen atoms in total. The molecular formula is C13H20ClNS. The van der Waals surface area contributed by atoms with E-state index in [0.717, 1.165) is 11.6 Å². The number of hydrogen-bond acceptors (Lipinski definition) is 2. The SMILES string of the molecule is CCCCCSc1ccc(CNC)c(Cl)c1. The molecule has 0 amide bonds. The minimum Gasteiger partial charge on any atom is -0.316 e. The minimum atomic E-state index is 0.833. The van der Waals surface area contributed by atoms with E-state index < -0.39 is 0 Å². The maximum atomic E-state index is 6.19. The molecule has 0 saturated heterocycles. The number of halogens is 1. The molecular weight excluding hydrogens is 238 g/mol. The molecule has 90 valence electrons. The number of thioether (sulfide) groups is 1. The Balaban J connectivity index is 2.46. The average molecular weight is 258 g/mol. The molecule has 0 saturated carbocycles. The first-order valence-corrected chi connectivity index (χ1v) is 7.20. The standard InChI is InChI=1S/C13H20ClNS/c1-3-4-5-8-16-12-7-6-11(10-15-2)13(14)9-12/h6-7,9,15H,3-5,8,10H2,1-2H3. The van der Waals surface area contributed by atoms with Crippen molar-refractivity contribution in [2.75, 3.05) is 12.8 Å². The topological polar surface area (TPSA) is 12.0 Å². The molecule has 1 aromatic rings. The van der Waals surface area contributed by atoms with Crippen molar-refractivity contribution < 1.29 is 0 Å². The molecule has 0 fully saturated rings. The van der Waals surface area contributed by atoms with Crippen LogP contribution in [0.15, 0.2) is 23.1 Å². The lowest BCUT2D eigenvalue weighted by molar-refractivity contribution is 0.778. The monoisotopic (exact) mass is 257 g/mol. The van der Waals surface area contributed by atoms with Crippen molar-refractivity contribution in [3.8, 4) is 0 Å². The van der Waals surface area contributed by atoms with E-state index in [4.69, 9.17) is 11.6 Å². The van der Waals surface area contributed by atoms with E-state index in [0.29, 0.717) is 0 Å². The lowest BCUT2D eigenvalue weighted by Gasteiger charge is -2.06. The first-order chi connectivity index (χ1) is 7.77. The van der Waals surface area contributed by atoms with Crippen LogP contribution in [0.4, 0.5) is 0 Å².